The molecule has 1 unspecified atom stereocenters. The van der Waals surface area contributed by atoms with Gasteiger partial charge in [0.2, 0.25) is 0 Å². The van der Waals surface area contributed by atoms with Crippen molar-refractivity contribution < 1.29 is 28.6 Å². The Balaban J connectivity index is 4.23. The lowest BCUT2D eigenvalue weighted by Gasteiger charge is -2.18. The van der Waals surface area contributed by atoms with Gasteiger partial charge >= 0.3 is 17.9 Å². The summed E-state index contributed by atoms with van der Waals surface area (Å²) in [6, 6.07) is 0. The summed E-state index contributed by atoms with van der Waals surface area (Å²) in [5, 5.41) is 0. The molecule has 1 atom stereocenters. The number of unbranched alkanes of at least 4 members (excludes halogenated alkanes) is 39. The molecule has 0 saturated heterocycles. The van der Waals surface area contributed by atoms with E-state index in [1.165, 1.54) is 225 Å². The fraction of sp³-hybridized carbons (Fsp3) is 0.833. The van der Waals surface area contributed by atoms with E-state index >= 15 is 0 Å². The third-order valence-electron chi connectivity index (χ3n) is 14.1. The van der Waals surface area contributed by atoms with E-state index in [-0.39, 0.29) is 37.5 Å². The van der Waals surface area contributed by atoms with Crippen molar-refractivity contribution in [1.29, 1.82) is 0 Å². The monoisotopic (exact) mass is 1010 g/mol. The molecular weight excluding hydrogens is 889 g/mol. The Hall–Kier alpha value is -2.63. The minimum absolute atomic E-state index is 0.0902. The lowest BCUT2D eigenvalue weighted by Crippen LogP contribution is -2.30. The molecular formula is C66H120O6. The number of ether oxygens (including phenoxy) is 3. The van der Waals surface area contributed by atoms with Crippen LogP contribution in [0.3, 0.4) is 0 Å². The maximum absolute atomic E-state index is 12.9. The highest BCUT2D eigenvalue weighted by molar-refractivity contribution is 5.71. The molecule has 0 spiro atoms. The number of hydrogen-bond acceptors (Lipinski definition) is 6. The van der Waals surface area contributed by atoms with Crippen molar-refractivity contribution in [2.24, 2.45) is 0 Å². The van der Waals surface area contributed by atoms with Crippen LogP contribution in [0.25, 0.3) is 0 Å². The van der Waals surface area contributed by atoms with Gasteiger partial charge in [-0.3, -0.25) is 14.4 Å². The van der Waals surface area contributed by atoms with Gasteiger partial charge in [-0.05, 0) is 44.9 Å². The Bertz CT molecular complexity index is 1250. The normalized spacial score (nSPS) is 12.3. The molecule has 0 aromatic rings. The number of allylic oxidation sites excluding steroid dienone is 8. The molecule has 420 valence electrons. The number of carbonyl (C=O) groups is 3. The second-order valence-corrected chi connectivity index (χ2v) is 21.3. The maximum atomic E-state index is 12.9. The molecule has 6 nitrogen and oxygen atoms in total. The average Bonchev–Trinajstić information content (AvgIpc) is 3.38. The minimum Gasteiger partial charge on any atom is -0.462 e. The molecule has 0 aliphatic carbocycles. The van der Waals surface area contributed by atoms with Crippen LogP contribution in [0.4, 0.5) is 0 Å². The fourth-order valence-electron chi connectivity index (χ4n) is 9.40. The topological polar surface area (TPSA) is 78.9 Å². The maximum Gasteiger partial charge on any atom is 0.306 e. The van der Waals surface area contributed by atoms with E-state index in [0.29, 0.717) is 19.3 Å². The number of carbonyl (C=O) groups excluding carboxylic acids is 3. The number of esters is 3. The summed E-state index contributed by atoms with van der Waals surface area (Å²) in [7, 11) is 0. The third kappa shape index (κ3) is 58.3. The first kappa shape index (κ1) is 69.4. The van der Waals surface area contributed by atoms with Gasteiger partial charge in [0.15, 0.2) is 6.10 Å². The van der Waals surface area contributed by atoms with Crippen molar-refractivity contribution in [1.82, 2.24) is 0 Å². The van der Waals surface area contributed by atoms with Crippen molar-refractivity contribution in [2.75, 3.05) is 13.2 Å². The van der Waals surface area contributed by atoms with Gasteiger partial charge in [0.05, 0.1) is 0 Å². The molecule has 0 fully saturated rings. The van der Waals surface area contributed by atoms with E-state index in [0.717, 1.165) is 64.2 Å². The highest BCUT2D eigenvalue weighted by atomic mass is 16.6. The summed E-state index contributed by atoms with van der Waals surface area (Å²) >= 11 is 0. The minimum atomic E-state index is -0.798. The van der Waals surface area contributed by atoms with Crippen molar-refractivity contribution in [3.8, 4) is 0 Å². The zero-order chi connectivity index (χ0) is 52.2. The first-order chi connectivity index (χ1) is 35.5. The molecule has 0 aromatic carbocycles. The summed E-state index contributed by atoms with van der Waals surface area (Å²) < 4.78 is 16.8. The van der Waals surface area contributed by atoms with E-state index in [2.05, 4.69) is 63.3 Å². The summed E-state index contributed by atoms with van der Waals surface area (Å²) in [5.41, 5.74) is 0. The van der Waals surface area contributed by atoms with Crippen LogP contribution < -0.4 is 0 Å². The van der Waals surface area contributed by atoms with Gasteiger partial charge in [0.1, 0.15) is 13.2 Å². The SMILES string of the molecule is CC/C=C\C/C=C\C/C=C\C/C=C\CCC(=O)OCC(COC(=O)CCCCCCCCCCCCCCCCCCCCCCCCCCCC)OC(=O)CCCCCCCCCCCCCCCCC. The second kappa shape index (κ2) is 60.9. The predicted molar refractivity (Wildman–Crippen MR) is 312 cm³/mol. The molecule has 0 aromatic heterocycles. The Morgan fingerprint density at radius 2 is 0.542 bits per heavy atom. The molecule has 0 radical (unpaired) electrons. The van der Waals surface area contributed by atoms with Crippen molar-refractivity contribution >= 4 is 17.9 Å². The highest BCUT2D eigenvalue weighted by Crippen LogP contribution is 2.18. The van der Waals surface area contributed by atoms with Gasteiger partial charge in [-0.2, -0.15) is 0 Å². The molecule has 0 heterocycles. The molecule has 0 amide bonds. The lowest BCUT2D eigenvalue weighted by atomic mass is 10.0. The largest absolute Gasteiger partial charge is 0.462 e. The van der Waals surface area contributed by atoms with Crippen LogP contribution in [0.15, 0.2) is 48.6 Å². The van der Waals surface area contributed by atoms with E-state index in [1.807, 2.05) is 6.08 Å². The van der Waals surface area contributed by atoms with Crippen molar-refractivity contribution in [3.05, 3.63) is 48.6 Å². The second-order valence-electron chi connectivity index (χ2n) is 21.3. The molecule has 6 heteroatoms. The summed E-state index contributed by atoms with van der Waals surface area (Å²) in [6.45, 7) is 6.51. The molecule has 0 aliphatic heterocycles. The van der Waals surface area contributed by atoms with Gasteiger partial charge in [-0.15, -0.1) is 0 Å². The van der Waals surface area contributed by atoms with Gasteiger partial charge in [-0.1, -0.05) is 320 Å². The summed E-state index contributed by atoms with van der Waals surface area (Å²) in [6.07, 6.45) is 75.8. The van der Waals surface area contributed by atoms with Gasteiger partial charge in [-0.25, -0.2) is 0 Å². The number of rotatable bonds is 58. The predicted octanol–water partition coefficient (Wildman–Crippen LogP) is 21.4. The van der Waals surface area contributed by atoms with Gasteiger partial charge in [0, 0.05) is 19.3 Å². The van der Waals surface area contributed by atoms with Crippen LogP contribution in [0.5, 0.6) is 0 Å². The smallest absolute Gasteiger partial charge is 0.306 e. The zero-order valence-corrected chi connectivity index (χ0v) is 48.2. The van der Waals surface area contributed by atoms with Crippen LogP contribution in [-0.4, -0.2) is 37.2 Å². The molecule has 72 heavy (non-hydrogen) atoms. The van der Waals surface area contributed by atoms with E-state index in [9.17, 15) is 14.4 Å². The van der Waals surface area contributed by atoms with Crippen LogP contribution >= 0.6 is 0 Å². The third-order valence-corrected chi connectivity index (χ3v) is 14.1. The molecule has 0 bridgehead atoms. The van der Waals surface area contributed by atoms with Crippen LogP contribution in [0, 0.1) is 0 Å². The Kier molecular flexibility index (Phi) is 58.7. The first-order valence-corrected chi connectivity index (χ1v) is 31.6. The first-order valence-electron chi connectivity index (χ1n) is 31.6. The van der Waals surface area contributed by atoms with Gasteiger partial charge < -0.3 is 14.2 Å². The zero-order valence-electron chi connectivity index (χ0n) is 48.2. The Morgan fingerprint density at radius 3 is 0.847 bits per heavy atom. The molecule has 0 aliphatic rings. The summed E-state index contributed by atoms with van der Waals surface area (Å²) in [5.74, 6) is -0.955. The van der Waals surface area contributed by atoms with Crippen LogP contribution in [0.2, 0.25) is 0 Å². The Morgan fingerprint density at radius 1 is 0.292 bits per heavy atom. The van der Waals surface area contributed by atoms with E-state index in [1.54, 1.807) is 0 Å². The van der Waals surface area contributed by atoms with Crippen LogP contribution in [0.1, 0.15) is 335 Å². The standard InChI is InChI=1S/C66H120O6/c1-4-7-10-13-16-19-22-25-27-28-29-30-31-32-33-34-35-36-37-39-41-44-47-50-53-56-59-65(68)71-62-63(61-70-64(67)58-55-52-49-46-43-40-24-21-18-15-12-9-6-3)72-66(69)60-57-54-51-48-45-42-38-26-23-20-17-14-11-8-5-2/h9,12,18,21,40,43,49,52,63H,4-8,10-11,13-17,19-20,22-39,41-42,44-48,50-51,53-62H2,1-3H3/b12-9-,21-18-,43-40-,52-49-. The summed E-state index contributed by atoms with van der Waals surface area (Å²) in [4.78, 5) is 38.2. The Labute approximate surface area is 448 Å². The van der Waals surface area contributed by atoms with Crippen LogP contribution in [-0.2, 0) is 28.6 Å². The molecule has 0 N–H and O–H groups in total. The van der Waals surface area contributed by atoms with E-state index < -0.39 is 6.10 Å². The fourth-order valence-corrected chi connectivity index (χ4v) is 9.40. The number of hydrogen-bond donors (Lipinski definition) is 0. The van der Waals surface area contributed by atoms with Gasteiger partial charge in [0.25, 0.3) is 0 Å². The lowest BCUT2D eigenvalue weighted by molar-refractivity contribution is -0.166. The quantitative estimate of drug-likeness (QED) is 0.0261. The van der Waals surface area contributed by atoms with Crippen molar-refractivity contribution in [2.45, 2.75) is 341 Å². The van der Waals surface area contributed by atoms with E-state index in [4.69, 9.17) is 14.2 Å². The highest BCUT2D eigenvalue weighted by Gasteiger charge is 2.19. The molecule has 0 saturated carbocycles. The average molecular weight is 1010 g/mol. The van der Waals surface area contributed by atoms with Crippen molar-refractivity contribution in [3.63, 3.8) is 0 Å². The molecule has 0 rings (SSSR count).